The van der Waals surface area contributed by atoms with Crippen molar-refractivity contribution in [2.75, 3.05) is 0 Å². The van der Waals surface area contributed by atoms with Crippen LogP contribution in [0.4, 0.5) is 17.6 Å². The van der Waals surface area contributed by atoms with Crippen molar-refractivity contribution in [3.8, 4) is 0 Å². The van der Waals surface area contributed by atoms with Gasteiger partial charge in [0.1, 0.15) is 0 Å². The summed E-state index contributed by atoms with van der Waals surface area (Å²) >= 11 is 0. The predicted molar refractivity (Wildman–Crippen MR) is 88.2 cm³/mol. The average molecular weight is 408 g/mol. The van der Waals surface area contributed by atoms with E-state index in [1.165, 1.54) is 36.4 Å². The standard InChI is InChI=1S/C16H12F4O4S2/c17-15(18)25(21,22)13-7-3-11(4-8-13)1-2-12-5-9-14(10-6-12)26(23,24)16(19)20/h1-10,15-16H. The van der Waals surface area contributed by atoms with E-state index in [0.717, 1.165) is 24.3 Å². The molecule has 26 heavy (non-hydrogen) atoms. The Kier molecular flexibility index (Phi) is 5.87. The first kappa shape index (κ1) is 20.1. The van der Waals surface area contributed by atoms with Gasteiger partial charge < -0.3 is 0 Å². The van der Waals surface area contributed by atoms with Crippen LogP contribution in [0.1, 0.15) is 11.1 Å². The van der Waals surface area contributed by atoms with Crippen molar-refractivity contribution in [3.63, 3.8) is 0 Å². The Labute approximate surface area is 147 Å². The van der Waals surface area contributed by atoms with Gasteiger partial charge in [-0.25, -0.2) is 16.8 Å². The zero-order valence-corrected chi connectivity index (χ0v) is 14.5. The smallest absolute Gasteiger partial charge is 0.218 e. The average Bonchev–Trinajstić information content (AvgIpc) is 2.60. The molecule has 0 atom stereocenters. The molecule has 0 bridgehead atoms. The van der Waals surface area contributed by atoms with Crippen molar-refractivity contribution < 1.29 is 34.4 Å². The number of sulfone groups is 2. The molecule has 0 aliphatic carbocycles. The minimum absolute atomic E-state index is 0.502. The molecule has 0 heterocycles. The Morgan fingerprint density at radius 1 is 0.577 bits per heavy atom. The quantitative estimate of drug-likeness (QED) is 0.538. The number of hydrogen-bond acceptors (Lipinski definition) is 4. The molecule has 0 unspecified atom stereocenters. The number of halogens is 4. The first-order chi connectivity index (χ1) is 12.0. The van der Waals surface area contributed by atoms with Crippen molar-refractivity contribution in [1.29, 1.82) is 0 Å². The highest BCUT2D eigenvalue weighted by molar-refractivity contribution is 7.92. The predicted octanol–water partition coefficient (Wildman–Crippen LogP) is 3.85. The molecule has 2 aromatic rings. The van der Waals surface area contributed by atoms with Crippen molar-refractivity contribution in [2.45, 2.75) is 21.3 Å². The largest absolute Gasteiger partial charge is 0.341 e. The highest BCUT2D eigenvalue weighted by Gasteiger charge is 2.26. The first-order valence-electron chi connectivity index (χ1n) is 6.97. The first-order valence-corrected chi connectivity index (χ1v) is 10.1. The van der Waals surface area contributed by atoms with Gasteiger partial charge in [-0.1, -0.05) is 36.4 Å². The summed E-state index contributed by atoms with van der Waals surface area (Å²) in [7, 11) is -9.32. The zero-order chi connectivity index (χ0) is 19.5. The summed E-state index contributed by atoms with van der Waals surface area (Å²) in [5, 5.41) is 0. The molecule has 2 aromatic carbocycles. The normalized spacial score (nSPS) is 13.0. The summed E-state index contributed by atoms with van der Waals surface area (Å²) in [6.07, 6.45) is 3.05. The van der Waals surface area contributed by atoms with E-state index in [0.29, 0.717) is 11.1 Å². The van der Waals surface area contributed by atoms with Gasteiger partial charge in [-0.05, 0) is 35.4 Å². The second-order valence-electron chi connectivity index (χ2n) is 5.08. The molecule has 0 fully saturated rings. The number of alkyl halides is 4. The van der Waals surface area contributed by atoms with E-state index < -0.39 is 41.0 Å². The highest BCUT2D eigenvalue weighted by Crippen LogP contribution is 2.21. The van der Waals surface area contributed by atoms with Gasteiger partial charge in [0.05, 0.1) is 9.79 Å². The van der Waals surface area contributed by atoms with E-state index >= 15 is 0 Å². The minimum Gasteiger partial charge on any atom is -0.218 e. The van der Waals surface area contributed by atoms with Crippen LogP contribution in [0.15, 0.2) is 58.3 Å². The molecule has 4 nitrogen and oxygen atoms in total. The van der Waals surface area contributed by atoms with Crippen LogP contribution in [-0.2, 0) is 19.7 Å². The van der Waals surface area contributed by atoms with Crippen LogP contribution >= 0.6 is 0 Å². The highest BCUT2D eigenvalue weighted by atomic mass is 32.2. The van der Waals surface area contributed by atoms with Crippen LogP contribution in [0.25, 0.3) is 12.2 Å². The summed E-state index contributed by atoms with van der Waals surface area (Å²) < 4.78 is 95.0. The Balaban J connectivity index is 2.18. The molecule has 0 saturated heterocycles. The second kappa shape index (κ2) is 7.58. The lowest BCUT2D eigenvalue weighted by atomic mass is 10.1. The topological polar surface area (TPSA) is 68.3 Å². The third-order valence-corrected chi connectivity index (χ3v) is 6.15. The molecule has 0 radical (unpaired) electrons. The van der Waals surface area contributed by atoms with E-state index in [1.807, 2.05) is 0 Å². The lowest BCUT2D eigenvalue weighted by Crippen LogP contribution is -2.11. The molecule has 0 aromatic heterocycles. The molecule has 0 aliphatic heterocycles. The molecule has 0 amide bonds. The summed E-state index contributed by atoms with van der Waals surface area (Å²) in [5.41, 5.74) is 1.00. The van der Waals surface area contributed by atoms with Crippen molar-refractivity contribution in [2.24, 2.45) is 0 Å². The summed E-state index contributed by atoms with van der Waals surface area (Å²) in [5.74, 6) is -7.01. The number of rotatable bonds is 6. The van der Waals surface area contributed by atoms with E-state index in [-0.39, 0.29) is 0 Å². The van der Waals surface area contributed by atoms with Crippen LogP contribution in [0.5, 0.6) is 0 Å². The zero-order valence-electron chi connectivity index (χ0n) is 12.9. The van der Waals surface area contributed by atoms with Gasteiger partial charge in [0.25, 0.3) is 0 Å². The van der Waals surface area contributed by atoms with Gasteiger partial charge in [-0.3, -0.25) is 0 Å². The number of benzene rings is 2. The summed E-state index contributed by atoms with van der Waals surface area (Å²) in [6, 6.07) is 9.45. The van der Waals surface area contributed by atoms with Gasteiger partial charge in [-0.2, -0.15) is 17.6 Å². The number of hydrogen-bond donors (Lipinski definition) is 0. The van der Waals surface area contributed by atoms with Crippen LogP contribution in [0.3, 0.4) is 0 Å². The Morgan fingerprint density at radius 2 is 0.846 bits per heavy atom. The van der Waals surface area contributed by atoms with Gasteiger partial charge in [0.15, 0.2) is 0 Å². The molecule has 140 valence electrons. The van der Waals surface area contributed by atoms with E-state index in [4.69, 9.17) is 0 Å². The molecule has 0 aliphatic rings. The summed E-state index contributed by atoms with van der Waals surface area (Å²) in [6.45, 7) is 0. The fourth-order valence-electron chi connectivity index (χ4n) is 1.94. The van der Waals surface area contributed by atoms with E-state index in [2.05, 4.69) is 0 Å². The summed E-state index contributed by atoms with van der Waals surface area (Å²) in [4.78, 5) is -1.02. The fourth-order valence-corrected chi connectivity index (χ4v) is 3.38. The molecule has 10 heteroatoms. The third kappa shape index (κ3) is 4.31. The van der Waals surface area contributed by atoms with Crippen LogP contribution in [-0.4, -0.2) is 28.4 Å². The Hall–Kier alpha value is -2.20. The monoisotopic (exact) mass is 408 g/mol. The molecule has 0 N–H and O–H groups in total. The Morgan fingerprint density at radius 3 is 1.08 bits per heavy atom. The molecular formula is C16H12F4O4S2. The SMILES string of the molecule is O=S(=O)(c1ccc(C=Cc2ccc(S(=O)(=O)C(F)F)cc2)cc1)C(F)F. The van der Waals surface area contributed by atoms with Gasteiger partial charge in [0.2, 0.25) is 19.7 Å². The molecule has 2 rings (SSSR count). The van der Waals surface area contributed by atoms with Crippen LogP contribution in [0.2, 0.25) is 0 Å². The van der Waals surface area contributed by atoms with Crippen molar-refractivity contribution >= 4 is 31.8 Å². The Bertz CT molecular complexity index is 912. The lowest BCUT2D eigenvalue weighted by molar-refractivity contribution is 0.234. The maximum absolute atomic E-state index is 12.4. The van der Waals surface area contributed by atoms with Gasteiger partial charge in [0, 0.05) is 0 Å². The van der Waals surface area contributed by atoms with Gasteiger partial charge >= 0.3 is 11.5 Å². The minimum atomic E-state index is -4.66. The lowest BCUT2D eigenvalue weighted by Gasteiger charge is -2.04. The van der Waals surface area contributed by atoms with Crippen molar-refractivity contribution in [3.05, 3.63) is 59.7 Å². The second-order valence-corrected chi connectivity index (χ2v) is 8.92. The molecular weight excluding hydrogens is 396 g/mol. The van der Waals surface area contributed by atoms with Crippen LogP contribution in [0, 0.1) is 0 Å². The third-order valence-electron chi connectivity index (χ3n) is 3.35. The van der Waals surface area contributed by atoms with E-state index in [1.54, 1.807) is 0 Å². The van der Waals surface area contributed by atoms with Crippen molar-refractivity contribution in [1.82, 2.24) is 0 Å². The molecule has 0 saturated carbocycles. The van der Waals surface area contributed by atoms with E-state index in [9.17, 15) is 34.4 Å². The maximum atomic E-state index is 12.4. The maximum Gasteiger partial charge on any atom is 0.341 e. The fraction of sp³-hybridized carbons (Fsp3) is 0.125. The van der Waals surface area contributed by atoms with Crippen LogP contribution < -0.4 is 0 Å². The van der Waals surface area contributed by atoms with Gasteiger partial charge in [-0.15, -0.1) is 0 Å². The molecule has 0 spiro atoms.